The van der Waals surface area contributed by atoms with Crippen molar-refractivity contribution in [2.75, 3.05) is 6.61 Å². The van der Waals surface area contributed by atoms with Gasteiger partial charge < -0.3 is 9.16 Å². The molecule has 0 aromatic carbocycles. The van der Waals surface area contributed by atoms with Crippen molar-refractivity contribution in [1.29, 1.82) is 0 Å². The minimum Gasteiger partial charge on any atom is -0.466 e. The Morgan fingerprint density at radius 2 is 1.82 bits per heavy atom. The van der Waals surface area contributed by atoms with Crippen LogP contribution >= 0.6 is 0 Å². The lowest BCUT2D eigenvalue weighted by molar-refractivity contribution is -0.159. The quantitative estimate of drug-likeness (QED) is 0.479. The van der Waals surface area contributed by atoms with Crippen LogP contribution in [0.3, 0.4) is 0 Å². The third kappa shape index (κ3) is 3.13. The normalized spacial score (nSPS) is 33.5. The van der Waals surface area contributed by atoms with Gasteiger partial charge in [-0.2, -0.15) is 0 Å². The minimum absolute atomic E-state index is 0.0640. The summed E-state index contributed by atoms with van der Waals surface area (Å²) in [6.07, 6.45) is 3.81. The molecule has 5 heteroatoms. The maximum Gasteiger partial charge on any atom is 0.310 e. The summed E-state index contributed by atoms with van der Waals surface area (Å²) >= 11 is 0. The molecule has 1 spiro atoms. The topological polar surface area (TPSA) is 52.6 Å². The molecule has 3 rings (SSSR count). The fourth-order valence-corrected chi connectivity index (χ4v) is 6.59. The molecule has 0 aromatic rings. The lowest BCUT2D eigenvalue weighted by atomic mass is 9.61. The second-order valence-electron chi connectivity index (χ2n) is 11.3. The van der Waals surface area contributed by atoms with Crippen molar-refractivity contribution in [1.82, 2.24) is 0 Å². The van der Waals surface area contributed by atoms with Gasteiger partial charge in [0, 0.05) is 17.3 Å². The lowest BCUT2D eigenvalue weighted by Gasteiger charge is -2.48. The van der Waals surface area contributed by atoms with Crippen molar-refractivity contribution < 1.29 is 18.8 Å². The van der Waals surface area contributed by atoms with E-state index in [1.807, 2.05) is 13.8 Å². The first kappa shape index (κ1) is 21.8. The Morgan fingerprint density at radius 1 is 1.25 bits per heavy atom. The highest BCUT2D eigenvalue weighted by Crippen LogP contribution is 2.67. The van der Waals surface area contributed by atoms with E-state index in [4.69, 9.17) is 9.16 Å². The second kappa shape index (κ2) is 6.53. The highest BCUT2D eigenvalue weighted by molar-refractivity contribution is 6.74. The number of ether oxygens (including phenoxy) is 1. The molecule has 3 aliphatic rings. The van der Waals surface area contributed by atoms with Crippen LogP contribution in [0.1, 0.15) is 61.3 Å². The predicted molar refractivity (Wildman–Crippen MR) is 113 cm³/mol. The van der Waals surface area contributed by atoms with Crippen LogP contribution in [0.4, 0.5) is 0 Å². The van der Waals surface area contributed by atoms with Gasteiger partial charge in [-0.15, -0.1) is 0 Å². The van der Waals surface area contributed by atoms with Gasteiger partial charge >= 0.3 is 5.97 Å². The van der Waals surface area contributed by atoms with Crippen molar-refractivity contribution >= 4 is 20.1 Å². The van der Waals surface area contributed by atoms with Gasteiger partial charge in [0.25, 0.3) is 0 Å². The number of ketones is 1. The lowest BCUT2D eigenvalue weighted by Crippen LogP contribution is -2.54. The van der Waals surface area contributed by atoms with Crippen LogP contribution < -0.4 is 0 Å². The van der Waals surface area contributed by atoms with E-state index in [0.717, 1.165) is 18.4 Å². The van der Waals surface area contributed by atoms with Crippen LogP contribution in [0.2, 0.25) is 18.1 Å². The molecule has 0 amide bonds. The molecule has 28 heavy (non-hydrogen) atoms. The Kier molecular flexibility index (Phi) is 5.07. The number of hydrogen-bond acceptors (Lipinski definition) is 4. The first-order chi connectivity index (χ1) is 12.7. The van der Waals surface area contributed by atoms with E-state index in [9.17, 15) is 9.59 Å². The smallest absolute Gasteiger partial charge is 0.310 e. The maximum absolute atomic E-state index is 13.3. The predicted octanol–water partition coefficient (Wildman–Crippen LogP) is 5.14. The summed E-state index contributed by atoms with van der Waals surface area (Å²) in [5.41, 5.74) is 0.299. The maximum atomic E-state index is 13.3. The summed E-state index contributed by atoms with van der Waals surface area (Å²) in [6.45, 7) is 19.7. The van der Waals surface area contributed by atoms with Gasteiger partial charge in [0.15, 0.2) is 14.1 Å². The van der Waals surface area contributed by atoms with Gasteiger partial charge in [0.1, 0.15) is 0 Å². The second-order valence-corrected chi connectivity index (χ2v) is 16.1. The molecule has 0 N–H and O–H groups in total. The van der Waals surface area contributed by atoms with E-state index in [2.05, 4.69) is 53.8 Å². The van der Waals surface area contributed by atoms with Crippen LogP contribution in [0.15, 0.2) is 11.6 Å². The van der Waals surface area contributed by atoms with Gasteiger partial charge in [-0.25, -0.2) is 0 Å². The molecule has 0 saturated heterocycles. The molecular weight excluding hydrogens is 368 g/mol. The molecule has 0 bridgehead atoms. The summed E-state index contributed by atoms with van der Waals surface area (Å²) in [5, 5.41) is 0.0640. The van der Waals surface area contributed by atoms with Gasteiger partial charge in [-0.1, -0.05) is 47.6 Å². The van der Waals surface area contributed by atoms with Crippen molar-refractivity contribution in [3.8, 4) is 0 Å². The van der Waals surface area contributed by atoms with E-state index < -0.39 is 8.32 Å². The van der Waals surface area contributed by atoms with E-state index in [1.165, 1.54) is 0 Å². The molecule has 4 nitrogen and oxygen atoms in total. The number of rotatable bonds is 4. The Morgan fingerprint density at radius 3 is 2.29 bits per heavy atom. The Labute approximate surface area is 171 Å². The Hall–Kier alpha value is -0.943. The molecule has 0 heterocycles. The molecule has 2 saturated carbocycles. The highest BCUT2D eigenvalue weighted by Gasteiger charge is 2.68. The Balaban J connectivity index is 2.07. The largest absolute Gasteiger partial charge is 0.466 e. The van der Waals surface area contributed by atoms with Crippen molar-refractivity contribution in [3.63, 3.8) is 0 Å². The summed E-state index contributed by atoms with van der Waals surface area (Å²) in [4.78, 5) is 26.5. The number of hydrogen-bond donors (Lipinski definition) is 0. The van der Waals surface area contributed by atoms with Crippen molar-refractivity contribution in [2.24, 2.45) is 28.6 Å². The van der Waals surface area contributed by atoms with Crippen LogP contribution in [-0.4, -0.2) is 32.8 Å². The number of carbonyl (C=O) groups excluding carboxylic acids is 2. The van der Waals surface area contributed by atoms with E-state index in [-0.39, 0.29) is 51.5 Å². The van der Waals surface area contributed by atoms with Crippen LogP contribution in [-0.2, 0) is 18.8 Å². The molecule has 3 aliphatic carbocycles. The molecule has 0 aromatic heterocycles. The summed E-state index contributed by atoms with van der Waals surface area (Å²) in [6, 6.07) is 0. The van der Waals surface area contributed by atoms with Crippen molar-refractivity contribution in [3.05, 3.63) is 11.6 Å². The zero-order chi connectivity index (χ0) is 21.3. The molecule has 0 aliphatic heterocycles. The number of carbonyl (C=O) groups is 2. The summed E-state index contributed by atoms with van der Waals surface area (Å²) < 4.78 is 12.5. The van der Waals surface area contributed by atoms with E-state index in [0.29, 0.717) is 6.61 Å². The molecule has 2 fully saturated rings. The van der Waals surface area contributed by atoms with Gasteiger partial charge in [-0.05, 0) is 48.9 Å². The first-order valence-electron chi connectivity index (χ1n) is 10.8. The fraction of sp³-hybridized carbons (Fsp3) is 0.826. The zero-order valence-electron chi connectivity index (χ0n) is 19.1. The number of Topliss-reactive ketones (excluding diaryl/α,β-unsaturated/α-hetero) is 1. The molecular formula is C23H38O4Si. The average molecular weight is 407 g/mol. The standard InChI is InChI=1S/C23H38O4Si/c1-10-26-20(25)17-16-15(18(24)14(2)23(17)11-12-23)13-22(6,7)19(16)27-28(8,9)21(3,4)5/h13-14,16-17,19H,10-12H2,1-9H3/t14-,16+,17+,19-/m0/s1. The van der Waals surface area contributed by atoms with E-state index in [1.54, 1.807) is 0 Å². The number of esters is 1. The minimum atomic E-state index is -2.08. The summed E-state index contributed by atoms with van der Waals surface area (Å²) in [5.74, 6) is -0.501. The van der Waals surface area contributed by atoms with Crippen LogP contribution in [0.5, 0.6) is 0 Å². The molecule has 4 atom stereocenters. The van der Waals surface area contributed by atoms with E-state index >= 15 is 0 Å². The third-order valence-corrected chi connectivity index (χ3v) is 12.5. The number of fused-ring (bicyclic) bond motifs is 1. The molecule has 0 unspecified atom stereocenters. The van der Waals surface area contributed by atoms with Gasteiger partial charge in [-0.3, -0.25) is 9.59 Å². The van der Waals surface area contributed by atoms with Crippen molar-refractivity contribution in [2.45, 2.75) is 85.5 Å². The van der Waals surface area contributed by atoms with Gasteiger partial charge in [0.05, 0.1) is 18.6 Å². The first-order valence-corrected chi connectivity index (χ1v) is 13.7. The zero-order valence-corrected chi connectivity index (χ0v) is 20.1. The third-order valence-electron chi connectivity index (χ3n) is 8.06. The SMILES string of the molecule is CCOC(=O)[C@H]1[C@H]2C(=CC(C)(C)[C@H]2O[Si](C)(C)C(C)(C)C)C(=O)[C@H](C)C12CC2. The summed E-state index contributed by atoms with van der Waals surface area (Å²) in [7, 11) is -2.08. The monoisotopic (exact) mass is 406 g/mol. The fourth-order valence-electron chi connectivity index (χ4n) is 5.15. The molecule has 158 valence electrons. The average Bonchev–Trinajstić information content (AvgIpc) is 3.29. The highest BCUT2D eigenvalue weighted by atomic mass is 28.4. The Bertz CT molecular complexity index is 709. The molecule has 0 radical (unpaired) electrons. The van der Waals surface area contributed by atoms with Gasteiger partial charge in [0.2, 0.25) is 0 Å². The van der Waals surface area contributed by atoms with Crippen LogP contribution in [0, 0.1) is 28.6 Å². The van der Waals surface area contributed by atoms with Crippen LogP contribution in [0.25, 0.3) is 0 Å².